The SMILES string of the molecule is C#CCN(Cc1cccc(CNCC)c1)CC1CC1. The quantitative estimate of drug-likeness (QED) is 0.719. The number of benzene rings is 1. The highest BCUT2D eigenvalue weighted by Gasteiger charge is 2.23. The zero-order valence-electron chi connectivity index (χ0n) is 11.9. The Labute approximate surface area is 117 Å². The van der Waals surface area contributed by atoms with E-state index in [0.29, 0.717) is 0 Å². The third-order valence-corrected chi connectivity index (χ3v) is 3.50. The summed E-state index contributed by atoms with van der Waals surface area (Å²) in [6.07, 6.45) is 8.23. The third kappa shape index (κ3) is 5.06. The first-order valence-electron chi connectivity index (χ1n) is 7.26. The van der Waals surface area contributed by atoms with Gasteiger partial charge in [-0.1, -0.05) is 37.1 Å². The molecule has 0 unspecified atom stereocenters. The maximum atomic E-state index is 5.47. The molecular weight excluding hydrogens is 232 g/mol. The minimum absolute atomic E-state index is 0.758. The summed E-state index contributed by atoms with van der Waals surface area (Å²) in [5.41, 5.74) is 2.72. The molecule has 0 atom stereocenters. The van der Waals surface area contributed by atoms with Crippen molar-refractivity contribution in [3.63, 3.8) is 0 Å². The molecule has 1 aromatic rings. The lowest BCUT2D eigenvalue weighted by molar-refractivity contribution is 0.286. The molecule has 102 valence electrons. The molecule has 19 heavy (non-hydrogen) atoms. The van der Waals surface area contributed by atoms with Gasteiger partial charge in [-0.15, -0.1) is 6.42 Å². The fourth-order valence-electron chi connectivity index (χ4n) is 2.35. The lowest BCUT2D eigenvalue weighted by atomic mass is 10.1. The van der Waals surface area contributed by atoms with E-state index in [1.54, 1.807) is 0 Å². The molecule has 2 heteroatoms. The van der Waals surface area contributed by atoms with Crippen LogP contribution in [0.2, 0.25) is 0 Å². The van der Waals surface area contributed by atoms with Gasteiger partial charge in [0, 0.05) is 19.6 Å². The fraction of sp³-hybridized carbons (Fsp3) is 0.529. The van der Waals surface area contributed by atoms with Crippen molar-refractivity contribution in [3.05, 3.63) is 35.4 Å². The summed E-state index contributed by atoms with van der Waals surface area (Å²) in [5.74, 6) is 3.67. The van der Waals surface area contributed by atoms with Crippen molar-refractivity contribution < 1.29 is 0 Å². The van der Waals surface area contributed by atoms with Crippen molar-refractivity contribution in [1.29, 1.82) is 0 Å². The molecule has 2 nitrogen and oxygen atoms in total. The molecule has 1 fully saturated rings. The number of rotatable bonds is 8. The summed E-state index contributed by atoms with van der Waals surface area (Å²) in [5, 5.41) is 3.37. The molecule has 0 spiro atoms. The zero-order valence-corrected chi connectivity index (χ0v) is 11.9. The Morgan fingerprint density at radius 2 is 2.16 bits per heavy atom. The Morgan fingerprint density at radius 3 is 2.84 bits per heavy atom. The van der Waals surface area contributed by atoms with Crippen molar-refractivity contribution >= 4 is 0 Å². The van der Waals surface area contributed by atoms with Crippen LogP contribution < -0.4 is 5.32 Å². The lowest BCUT2D eigenvalue weighted by Gasteiger charge is -2.20. The van der Waals surface area contributed by atoms with Crippen LogP contribution in [0, 0.1) is 18.3 Å². The molecule has 0 saturated heterocycles. The van der Waals surface area contributed by atoms with E-state index in [1.807, 2.05) is 0 Å². The maximum Gasteiger partial charge on any atom is 0.0601 e. The van der Waals surface area contributed by atoms with Crippen molar-refractivity contribution in [3.8, 4) is 12.3 Å². The Kier molecular flexibility index (Phi) is 5.44. The van der Waals surface area contributed by atoms with Gasteiger partial charge in [-0.05, 0) is 36.4 Å². The summed E-state index contributed by atoms with van der Waals surface area (Å²) < 4.78 is 0. The van der Waals surface area contributed by atoms with E-state index in [0.717, 1.165) is 38.6 Å². The number of terminal acetylenes is 1. The first-order valence-corrected chi connectivity index (χ1v) is 7.26. The summed E-state index contributed by atoms with van der Waals surface area (Å²) in [6, 6.07) is 8.82. The number of hydrogen-bond acceptors (Lipinski definition) is 2. The van der Waals surface area contributed by atoms with E-state index in [4.69, 9.17) is 6.42 Å². The van der Waals surface area contributed by atoms with E-state index >= 15 is 0 Å². The molecule has 2 rings (SSSR count). The highest BCUT2D eigenvalue weighted by molar-refractivity contribution is 5.23. The summed E-state index contributed by atoms with van der Waals surface area (Å²) in [7, 11) is 0. The van der Waals surface area contributed by atoms with Gasteiger partial charge in [0.15, 0.2) is 0 Å². The fourth-order valence-corrected chi connectivity index (χ4v) is 2.35. The molecule has 0 aliphatic heterocycles. The normalized spacial score (nSPS) is 14.6. The molecule has 1 N–H and O–H groups in total. The Balaban J connectivity index is 1.93. The van der Waals surface area contributed by atoms with Crippen LogP contribution in [-0.4, -0.2) is 24.5 Å². The van der Waals surface area contributed by atoms with Gasteiger partial charge in [-0.25, -0.2) is 0 Å². The van der Waals surface area contributed by atoms with Crippen molar-refractivity contribution in [1.82, 2.24) is 10.2 Å². The van der Waals surface area contributed by atoms with Gasteiger partial charge < -0.3 is 5.32 Å². The number of nitrogens with zero attached hydrogens (tertiary/aromatic N) is 1. The summed E-state index contributed by atoms with van der Waals surface area (Å²) >= 11 is 0. The van der Waals surface area contributed by atoms with Crippen LogP contribution in [-0.2, 0) is 13.1 Å². The molecule has 1 aromatic carbocycles. The molecule has 1 aliphatic carbocycles. The van der Waals surface area contributed by atoms with E-state index < -0.39 is 0 Å². The molecule has 1 aliphatic rings. The van der Waals surface area contributed by atoms with E-state index in [1.165, 1.54) is 24.0 Å². The molecule has 0 amide bonds. The Bertz CT molecular complexity index is 429. The largest absolute Gasteiger partial charge is 0.313 e. The third-order valence-electron chi connectivity index (χ3n) is 3.50. The van der Waals surface area contributed by atoms with E-state index in [9.17, 15) is 0 Å². The molecule has 0 aromatic heterocycles. The Hall–Kier alpha value is -1.30. The van der Waals surface area contributed by atoms with Crippen LogP contribution in [0.4, 0.5) is 0 Å². The maximum absolute atomic E-state index is 5.47. The summed E-state index contributed by atoms with van der Waals surface area (Å²) in [6.45, 7) is 6.97. The number of hydrogen-bond donors (Lipinski definition) is 1. The highest BCUT2D eigenvalue weighted by atomic mass is 15.1. The van der Waals surface area contributed by atoms with Crippen LogP contribution in [0.15, 0.2) is 24.3 Å². The molecule has 0 bridgehead atoms. The first-order chi connectivity index (χ1) is 9.31. The summed E-state index contributed by atoms with van der Waals surface area (Å²) in [4.78, 5) is 2.39. The second-order valence-corrected chi connectivity index (χ2v) is 5.42. The highest BCUT2D eigenvalue weighted by Crippen LogP contribution is 2.30. The monoisotopic (exact) mass is 256 g/mol. The van der Waals surface area contributed by atoms with Crippen LogP contribution in [0.5, 0.6) is 0 Å². The van der Waals surface area contributed by atoms with Gasteiger partial charge in [-0.3, -0.25) is 4.90 Å². The lowest BCUT2D eigenvalue weighted by Crippen LogP contribution is -2.26. The standard InChI is InChI=1S/C17H24N2/c1-3-10-19(13-15-8-9-15)14-17-7-5-6-16(11-17)12-18-4-2/h1,5-7,11,15,18H,4,8-10,12-14H2,2H3. The predicted molar refractivity (Wildman–Crippen MR) is 80.7 cm³/mol. The van der Waals surface area contributed by atoms with Crippen molar-refractivity contribution in [2.24, 2.45) is 5.92 Å². The molecule has 0 heterocycles. The van der Waals surface area contributed by atoms with Gasteiger partial charge in [-0.2, -0.15) is 0 Å². The predicted octanol–water partition coefficient (Wildman–Crippen LogP) is 2.64. The van der Waals surface area contributed by atoms with Crippen molar-refractivity contribution in [2.45, 2.75) is 32.9 Å². The van der Waals surface area contributed by atoms with Crippen molar-refractivity contribution in [2.75, 3.05) is 19.6 Å². The van der Waals surface area contributed by atoms with Gasteiger partial charge in [0.25, 0.3) is 0 Å². The second kappa shape index (κ2) is 7.33. The van der Waals surface area contributed by atoms with Gasteiger partial charge in [0.1, 0.15) is 0 Å². The van der Waals surface area contributed by atoms with Gasteiger partial charge in [0.2, 0.25) is 0 Å². The van der Waals surface area contributed by atoms with Gasteiger partial charge >= 0.3 is 0 Å². The average Bonchev–Trinajstić information content (AvgIpc) is 3.21. The van der Waals surface area contributed by atoms with E-state index in [2.05, 4.69) is 47.3 Å². The first kappa shape index (κ1) is 14.1. The molecule has 1 saturated carbocycles. The average molecular weight is 256 g/mol. The Morgan fingerprint density at radius 1 is 1.37 bits per heavy atom. The second-order valence-electron chi connectivity index (χ2n) is 5.42. The zero-order chi connectivity index (χ0) is 13.5. The topological polar surface area (TPSA) is 15.3 Å². The minimum Gasteiger partial charge on any atom is -0.313 e. The molecular formula is C17H24N2. The van der Waals surface area contributed by atoms with E-state index in [-0.39, 0.29) is 0 Å². The van der Waals surface area contributed by atoms with Crippen LogP contribution in [0.1, 0.15) is 30.9 Å². The van der Waals surface area contributed by atoms with Crippen LogP contribution >= 0.6 is 0 Å². The van der Waals surface area contributed by atoms with Gasteiger partial charge in [0.05, 0.1) is 6.54 Å². The smallest absolute Gasteiger partial charge is 0.0601 e. The minimum atomic E-state index is 0.758. The number of nitrogens with one attached hydrogen (secondary N) is 1. The van der Waals surface area contributed by atoms with Crippen LogP contribution in [0.3, 0.4) is 0 Å². The van der Waals surface area contributed by atoms with Crippen LogP contribution in [0.25, 0.3) is 0 Å². The molecule has 0 radical (unpaired) electrons.